The van der Waals surface area contributed by atoms with Crippen LogP contribution in [0.25, 0.3) is 0 Å². The molecule has 13 heteroatoms. The predicted molar refractivity (Wildman–Crippen MR) is 151 cm³/mol. The van der Waals surface area contributed by atoms with Gasteiger partial charge in [0.15, 0.2) is 22.8 Å². The number of carbonyl (C=O) groups is 3. The number of esters is 2. The van der Waals surface area contributed by atoms with Crippen LogP contribution in [0.1, 0.15) is 75.7 Å². The molecule has 0 saturated carbocycles. The summed E-state index contributed by atoms with van der Waals surface area (Å²) < 4.78 is 31.9. The molecule has 0 saturated heterocycles. The molecule has 4 N–H and O–H groups in total. The third-order valence-electron chi connectivity index (χ3n) is 5.58. The molecule has 0 heterocycles. The Morgan fingerprint density at radius 2 is 1.31 bits per heavy atom. The summed E-state index contributed by atoms with van der Waals surface area (Å²) >= 11 is 2.03. The number of ether oxygens (including phenoxy) is 6. The molecule has 0 aliphatic heterocycles. The van der Waals surface area contributed by atoms with E-state index >= 15 is 0 Å². The quantitative estimate of drug-likeness (QED) is 0.0598. The van der Waals surface area contributed by atoms with E-state index in [1.807, 2.05) is 22.6 Å². The van der Waals surface area contributed by atoms with Crippen molar-refractivity contribution in [3.63, 3.8) is 0 Å². The predicted octanol–water partition coefficient (Wildman–Crippen LogP) is 2.02. The van der Waals surface area contributed by atoms with Crippen molar-refractivity contribution in [2.24, 2.45) is 5.73 Å². The first-order chi connectivity index (χ1) is 17.5. The number of Topliss-reactive ketones (excluding diaryl/α,β-unsaturated/α-hetero) is 1. The van der Waals surface area contributed by atoms with Gasteiger partial charge in [-0.25, -0.2) is 9.59 Å². The van der Waals surface area contributed by atoms with Crippen LogP contribution in [-0.2, 0) is 42.8 Å². The number of aliphatic hydroxyl groups is 2. The van der Waals surface area contributed by atoms with Crippen LogP contribution in [0, 0.1) is 0 Å². The first-order valence-electron chi connectivity index (χ1n) is 12.8. The molecule has 0 spiro atoms. The fraction of sp³-hybridized carbons (Fsp3) is 0.885. The maximum absolute atomic E-state index is 12.6. The smallest absolute Gasteiger partial charge is 0.337 e. The Labute approximate surface area is 245 Å². The summed E-state index contributed by atoms with van der Waals surface area (Å²) in [6.07, 6.45) is -1.59. The molecule has 0 aromatic carbocycles. The lowest BCUT2D eigenvalue weighted by molar-refractivity contribution is -0.236. The summed E-state index contributed by atoms with van der Waals surface area (Å²) in [6.45, 7) is 14.7. The number of ketones is 1. The van der Waals surface area contributed by atoms with Crippen LogP contribution in [0.3, 0.4) is 0 Å². The highest BCUT2D eigenvalue weighted by atomic mass is 127. The zero-order valence-electron chi connectivity index (χ0n) is 24.9. The molecule has 0 fully saturated rings. The molecular formula is C26H48INO11. The normalized spacial score (nSPS) is 16.3. The van der Waals surface area contributed by atoms with Gasteiger partial charge in [0.25, 0.3) is 0 Å². The Morgan fingerprint density at radius 1 is 0.795 bits per heavy atom. The number of hydrogen-bond donors (Lipinski definition) is 3. The number of carbonyl (C=O) groups excluding carboxylic acids is 3. The highest BCUT2D eigenvalue weighted by molar-refractivity contribution is 14.1. The van der Waals surface area contributed by atoms with Crippen LogP contribution in [-0.4, -0.2) is 99.3 Å². The Bertz CT molecular complexity index is 806. The second-order valence-corrected chi connectivity index (χ2v) is 14.0. The molecule has 0 aliphatic carbocycles. The highest BCUT2D eigenvalue weighted by Crippen LogP contribution is 2.27. The van der Waals surface area contributed by atoms with Gasteiger partial charge in [-0.2, -0.15) is 0 Å². The van der Waals surface area contributed by atoms with Gasteiger partial charge in [0.2, 0.25) is 0 Å². The van der Waals surface area contributed by atoms with Crippen molar-refractivity contribution in [2.45, 2.75) is 114 Å². The van der Waals surface area contributed by atoms with Crippen LogP contribution >= 0.6 is 22.6 Å². The first-order valence-corrected chi connectivity index (χ1v) is 13.9. The number of hydrogen-bond acceptors (Lipinski definition) is 12. The number of rotatable bonds is 19. The van der Waals surface area contributed by atoms with Crippen molar-refractivity contribution in [1.82, 2.24) is 0 Å². The zero-order valence-corrected chi connectivity index (χ0v) is 27.1. The topological polar surface area (TPSA) is 173 Å². The summed E-state index contributed by atoms with van der Waals surface area (Å²) in [6, 6.07) is 0. The second kappa shape index (κ2) is 15.3. The molecule has 3 atom stereocenters. The van der Waals surface area contributed by atoms with Crippen LogP contribution in [0.2, 0.25) is 0 Å². The summed E-state index contributed by atoms with van der Waals surface area (Å²) in [4.78, 5) is 37.5. The second-order valence-electron chi connectivity index (χ2n) is 11.3. The van der Waals surface area contributed by atoms with E-state index < -0.39 is 56.9 Å². The molecule has 0 aromatic rings. The van der Waals surface area contributed by atoms with E-state index in [-0.39, 0.29) is 38.6 Å². The number of aliphatic hydroxyl groups excluding tert-OH is 1. The lowest BCUT2D eigenvalue weighted by Crippen LogP contribution is -2.50. The summed E-state index contributed by atoms with van der Waals surface area (Å²) in [5.74, 6) is -3.01. The summed E-state index contributed by atoms with van der Waals surface area (Å²) in [5.41, 5.74) is 2.08. The number of nitrogens with two attached hydrogens (primary N) is 1. The first kappa shape index (κ1) is 38.1. The van der Waals surface area contributed by atoms with Crippen molar-refractivity contribution < 1.29 is 53.0 Å². The molecule has 0 amide bonds. The number of alkyl halides is 1. The van der Waals surface area contributed by atoms with E-state index in [0.29, 0.717) is 0 Å². The monoisotopic (exact) mass is 677 g/mol. The Kier molecular flexibility index (Phi) is 15.0. The fourth-order valence-corrected chi connectivity index (χ4v) is 3.75. The van der Waals surface area contributed by atoms with Crippen LogP contribution < -0.4 is 5.73 Å². The molecule has 12 nitrogen and oxygen atoms in total. The maximum atomic E-state index is 12.6. The maximum Gasteiger partial charge on any atom is 0.337 e. The van der Waals surface area contributed by atoms with E-state index in [1.165, 1.54) is 34.6 Å². The minimum atomic E-state index is -1.47. The van der Waals surface area contributed by atoms with Gasteiger partial charge in [-0.1, -0.05) is 29.5 Å². The molecule has 0 aromatic heterocycles. The fourth-order valence-electron chi connectivity index (χ4n) is 3.10. The van der Waals surface area contributed by atoms with E-state index in [2.05, 4.69) is 0 Å². The van der Waals surface area contributed by atoms with Crippen molar-refractivity contribution >= 4 is 40.3 Å². The minimum absolute atomic E-state index is 0.112. The van der Waals surface area contributed by atoms with Gasteiger partial charge in [0.1, 0.15) is 31.1 Å². The molecule has 0 rings (SSSR count). The van der Waals surface area contributed by atoms with Gasteiger partial charge in [-0.3, -0.25) is 4.79 Å². The van der Waals surface area contributed by atoms with Gasteiger partial charge in [-0.05, 0) is 68.7 Å². The molecule has 0 aliphatic rings. The lowest BCUT2D eigenvalue weighted by atomic mass is 9.94. The van der Waals surface area contributed by atoms with Gasteiger partial charge >= 0.3 is 11.9 Å². The van der Waals surface area contributed by atoms with E-state index in [0.717, 1.165) is 0 Å². The van der Waals surface area contributed by atoms with E-state index in [1.54, 1.807) is 34.6 Å². The Morgan fingerprint density at radius 3 is 1.79 bits per heavy atom. The minimum Gasteiger partial charge on any atom is -0.461 e. The van der Waals surface area contributed by atoms with Gasteiger partial charge < -0.3 is 44.4 Å². The highest BCUT2D eigenvalue weighted by Gasteiger charge is 2.40. The van der Waals surface area contributed by atoms with Gasteiger partial charge in [-0.15, -0.1) is 0 Å². The number of halogens is 1. The molecular weight excluding hydrogens is 629 g/mol. The lowest BCUT2D eigenvalue weighted by Gasteiger charge is -2.33. The van der Waals surface area contributed by atoms with Gasteiger partial charge in [0, 0.05) is 0 Å². The third kappa shape index (κ3) is 14.0. The average molecular weight is 678 g/mol. The largest absolute Gasteiger partial charge is 0.461 e. The van der Waals surface area contributed by atoms with E-state index in [4.69, 9.17) is 34.2 Å². The van der Waals surface area contributed by atoms with Crippen molar-refractivity contribution in [3.05, 3.63) is 0 Å². The van der Waals surface area contributed by atoms with Gasteiger partial charge in [0.05, 0.1) is 23.2 Å². The van der Waals surface area contributed by atoms with Crippen molar-refractivity contribution in [3.8, 4) is 0 Å². The molecule has 3 unspecified atom stereocenters. The SMILES string of the molecule is CCC(C)(O)OC(CO)COC(=O)C(C)(C)OCCOC(=O)C(C)(C)OCC(N)OC(C)(C)C(=O)C(C)(C)I. The van der Waals surface area contributed by atoms with Crippen molar-refractivity contribution in [1.29, 1.82) is 0 Å². The van der Waals surface area contributed by atoms with E-state index in [9.17, 15) is 24.6 Å². The molecule has 39 heavy (non-hydrogen) atoms. The summed E-state index contributed by atoms with van der Waals surface area (Å²) in [7, 11) is 0. The third-order valence-corrected chi connectivity index (χ3v) is 6.07. The van der Waals surface area contributed by atoms with Crippen molar-refractivity contribution in [2.75, 3.05) is 33.0 Å². The molecule has 0 radical (unpaired) electrons. The average Bonchev–Trinajstić information content (AvgIpc) is 2.81. The van der Waals surface area contributed by atoms with Crippen LogP contribution in [0.4, 0.5) is 0 Å². The van der Waals surface area contributed by atoms with Crippen LogP contribution in [0.5, 0.6) is 0 Å². The standard InChI is InChI=1S/C26H48INO11/c1-11-26(10,33)38-17(14-29)15-35-21(32)24(6,7)36-13-12-34-20(31)25(8,9)37-16-18(28)39-23(4,5)19(30)22(2,3)27/h17-18,29,33H,11-16,28H2,1-10H3. The van der Waals surface area contributed by atoms with Crippen LogP contribution in [0.15, 0.2) is 0 Å². The molecule has 230 valence electrons. The summed E-state index contributed by atoms with van der Waals surface area (Å²) in [5, 5.41) is 19.4. The zero-order chi connectivity index (χ0) is 30.9. The Balaban J connectivity index is 4.63. The molecule has 0 bridgehead atoms. The Hall–Kier alpha value is -0.940.